The van der Waals surface area contributed by atoms with Crippen molar-refractivity contribution in [3.8, 4) is 0 Å². The molecule has 0 aromatic rings. The molecule has 1 aliphatic rings. The highest BCUT2D eigenvalue weighted by molar-refractivity contribution is 5.88. The Kier molecular flexibility index (Phi) is 5.59. The fraction of sp³-hybridized carbons (Fsp3) is 0.846. The molecule has 0 spiro atoms. The van der Waals surface area contributed by atoms with E-state index in [1.165, 1.54) is 0 Å². The Morgan fingerprint density at radius 3 is 2.67 bits per heavy atom. The van der Waals surface area contributed by atoms with Crippen LogP contribution in [0.15, 0.2) is 0 Å². The molecule has 0 saturated carbocycles. The molecule has 2 atom stereocenters. The number of hydrogen-bond donors (Lipinski definition) is 1. The Morgan fingerprint density at radius 2 is 2.11 bits per heavy atom. The molecule has 5 nitrogen and oxygen atoms in total. The van der Waals surface area contributed by atoms with E-state index in [9.17, 15) is 9.59 Å². The maximum Gasteiger partial charge on any atom is 0.244 e. The first-order valence-electron chi connectivity index (χ1n) is 6.73. The number of likely N-dealkylation sites (N-methyl/N-ethyl adjacent to an activating group) is 1. The summed E-state index contributed by atoms with van der Waals surface area (Å²) in [6.45, 7) is 2.74. The Bertz CT molecular complexity index is 305. The van der Waals surface area contributed by atoms with Crippen LogP contribution < -0.4 is 5.73 Å². The summed E-state index contributed by atoms with van der Waals surface area (Å²) in [5.74, 6) is 0.0403. The molecular weight excluding hydrogens is 230 g/mol. The second kappa shape index (κ2) is 6.73. The van der Waals surface area contributed by atoms with Gasteiger partial charge in [-0.1, -0.05) is 13.3 Å². The monoisotopic (exact) mass is 255 g/mol. The second-order valence-electron chi connectivity index (χ2n) is 5.23. The van der Waals surface area contributed by atoms with Gasteiger partial charge >= 0.3 is 0 Å². The Morgan fingerprint density at radius 1 is 1.44 bits per heavy atom. The Labute approximate surface area is 109 Å². The number of rotatable bonds is 5. The lowest BCUT2D eigenvalue weighted by atomic mass is 10.1. The van der Waals surface area contributed by atoms with Gasteiger partial charge in [0, 0.05) is 33.1 Å². The van der Waals surface area contributed by atoms with Crippen LogP contribution in [-0.4, -0.2) is 54.3 Å². The number of nitrogens with zero attached hydrogens (tertiary/aromatic N) is 2. The van der Waals surface area contributed by atoms with Crippen LogP contribution in [-0.2, 0) is 9.59 Å². The summed E-state index contributed by atoms with van der Waals surface area (Å²) in [7, 11) is 3.46. The van der Waals surface area contributed by atoms with Gasteiger partial charge in [-0.15, -0.1) is 0 Å². The van der Waals surface area contributed by atoms with Crippen LogP contribution in [0.2, 0.25) is 0 Å². The van der Waals surface area contributed by atoms with Crippen LogP contribution in [0.3, 0.4) is 0 Å². The summed E-state index contributed by atoms with van der Waals surface area (Å²) in [6.07, 6.45) is 3.86. The van der Waals surface area contributed by atoms with Gasteiger partial charge in [0.05, 0.1) is 0 Å². The van der Waals surface area contributed by atoms with E-state index >= 15 is 0 Å². The van der Waals surface area contributed by atoms with Gasteiger partial charge in [0.25, 0.3) is 0 Å². The van der Waals surface area contributed by atoms with Crippen molar-refractivity contribution in [2.45, 2.75) is 51.1 Å². The topological polar surface area (TPSA) is 66.6 Å². The van der Waals surface area contributed by atoms with Gasteiger partial charge in [-0.3, -0.25) is 9.59 Å². The predicted molar refractivity (Wildman–Crippen MR) is 70.9 cm³/mol. The largest absolute Gasteiger partial charge is 0.347 e. The first-order chi connectivity index (χ1) is 8.47. The molecule has 1 fully saturated rings. The molecular formula is C13H25N3O2. The molecule has 1 aliphatic heterocycles. The number of carbonyl (C=O) groups excluding carboxylic acids is 2. The van der Waals surface area contributed by atoms with Crippen LogP contribution in [0, 0.1) is 0 Å². The third-order valence-corrected chi connectivity index (χ3v) is 3.40. The molecule has 1 saturated heterocycles. The van der Waals surface area contributed by atoms with Crippen LogP contribution in [0.1, 0.15) is 39.0 Å². The van der Waals surface area contributed by atoms with E-state index in [1.54, 1.807) is 23.9 Å². The van der Waals surface area contributed by atoms with Gasteiger partial charge in [-0.25, -0.2) is 0 Å². The van der Waals surface area contributed by atoms with E-state index in [0.29, 0.717) is 13.0 Å². The van der Waals surface area contributed by atoms with Gasteiger partial charge in [0.15, 0.2) is 0 Å². The van der Waals surface area contributed by atoms with Crippen LogP contribution in [0.4, 0.5) is 0 Å². The highest BCUT2D eigenvalue weighted by Crippen LogP contribution is 2.20. The second-order valence-corrected chi connectivity index (χ2v) is 5.23. The standard InChI is InChI=1S/C13H25N3O2/c1-4-6-10(14)9-12(17)16-8-5-7-11(16)13(18)15(2)3/h10-11H,4-9,14H2,1-3H3. The van der Waals surface area contributed by atoms with Crippen molar-refractivity contribution in [2.24, 2.45) is 5.73 Å². The van der Waals surface area contributed by atoms with Crippen molar-refractivity contribution in [2.75, 3.05) is 20.6 Å². The maximum atomic E-state index is 12.1. The quantitative estimate of drug-likeness (QED) is 0.781. The fourth-order valence-electron chi connectivity index (χ4n) is 2.43. The first-order valence-corrected chi connectivity index (χ1v) is 6.73. The molecule has 2 N–H and O–H groups in total. The molecule has 0 bridgehead atoms. The zero-order valence-electron chi connectivity index (χ0n) is 11.7. The summed E-state index contributed by atoms with van der Waals surface area (Å²) in [6, 6.07) is -0.362. The molecule has 0 radical (unpaired) electrons. The van der Waals surface area contributed by atoms with E-state index in [4.69, 9.17) is 5.73 Å². The molecule has 5 heteroatoms. The third-order valence-electron chi connectivity index (χ3n) is 3.40. The minimum atomic E-state index is -0.277. The average molecular weight is 255 g/mol. The maximum absolute atomic E-state index is 12.1. The van der Waals surface area contributed by atoms with Crippen molar-refractivity contribution in [1.29, 1.82) is 0 Å². The van der Waals surface area contributed by atoms with E-state index in [0.717, 1.165) is 25.7 Å². The van der Waals surface area contributed by atoms with Gasteiger partial charge in [0.1, 0.15) is 6.04 Å². The van der Waals surface area contributed by atoms with Crippen molar-refractivity contribution in [1.82, 2.24) is 9.80 Å². The highest BCUT2D eigenvalue weighted by Gasteiger charge is 2.34. The van der Waals surface area contributed by atoms with Crippen LogP contribution in [0.25, 0.3) is 0 Å². The van der Waals surface area contributed by atoms with Crippen molar-refractivity contribution < 1.29 is 9.59 Å². The molecule has 2 unspecified atom stereocenters. The molecule has 1 heterocycles. The van der Waals surface area contributed by atoms with Gasteiger partial charge in [-0.05, 0) is 19.3 Å². The van der Waals surface area contributed by atoms with E-state index in [2.05, 4.69) is 6.92 Å². The van der Waals surface area contributed by atoms with Crippen LogP contribution >= 0.6 is 0 Å². The van der Waals surface area contributed by atoms with Gasteiger partial charge in [0.2, 0.25) is 11.8 Å². The number of nitrogens with two attached hydrogens (primary N) is 1. The summed E-state index contributed by atoms with van der Waals surface area (Å²) in [5, 5.41) is 0. The SMILES string of the molecule is CCCC(N)CC(=O)N1CCCC1C(=O)N(C)C. The minimum absolute atomic E-state index is 0.0184. The number of amides is 2. The highest BCUT2D eigenvalue weighted by atomic mass is 16.2. The molecule has 104 valence electrons. The van der Waals surface area contributed by atoms with Crippen molar-refractivity contribution in [3.05, 3.63) is 0 Å². The lowest BCUT2D eigenvalue weighted by molar-refractivity contribution is -0.142. The average Bonchev–Trinajstić information content (AvgIpc) is 2.76. The normalized spacial score (nSPS) is 20.9. The van der Waals surface area contributed by atoms with Crippen molar-refractivity contribution >= 4 is 11.8 Å². The lowest BCUT2D eigenvalue weighted by Gasteiger charge is -2.27. The molecule has 0 aromatic carbocycles. The van der Waals surface area contributed by atoms with Gasteiger partial charge in [-0.2, -0.15) is 0 Å². The lowest BCUT2D eigenvalue weighted by Crippen LogP contribution is -2.46. The molecule has 0 aliphatic carbocycles. The Balaban J connectivity index is 2.58. The minimum Gasteiger partial charge on any atom is -0.347 e. The molecule has 0 aromatic heterocycles. The predicted octanol–water partition coefficient (Wildman–Crippen LogP) is 0.583. The number of carbonyl (C=O) groups is 2. The summed E-state index contributed by atoms with van der Waals surface area (Å²) in [4.78, 5) is 27.4. The molecule has 2 amide bonds. The van der Waals surface area contributed by atoms with Crippen LogP contribution in [0.5, 0.6) is 0 Å². The summed E-state index contributed by atoms with van der Waals surface area (Å²) < 4.78 is 0. The summed E-state index contributed by atoms with van der Waals surface area (Å²) in [5.41, 5.74) is 5.89. The van der Waals surface area contributed by atoms with Crippen molar-refractivity contribution in [3.63, 3.8) is 0 Å². The zero-order valence-corrected chi connectivity index (χ0v) is 11.7. The van der Waals surface area contributed by atoms with E-state index < -0.39 is 0 Å². The summed E-state index contributed by atoms with van der Waals surface area (Å²) >= 11 is 0. The smallest absolute Gasteiger partial charge is 0.244 e. The molecule has 18 heavy (non-hydrogen) atoms. The molecule has 1 rings (SSSR count). The fourth-order valence-corrected chi connectivity index (χ4v) is 2.43. The Hall–Kier alpha value is -1.10. The first kappa shape index (κ1) is 15.0. The zero-order chi connectivity index (χ0) is 13.7. The van der Waals surface area contributed by atoms with E-state index in [-0.39, 0.29) is 23.9 Å². The van der Waals surface area contributed by atoms with E-state index in [1.807, 2.05) is 0 Å². The third kappa shape index (κ3) is 3.70. The van der Waals surface area contributed by atoms with Gasteiger partial charge < -0.3 is 15.5 Å². The number of likely N-dealkylation sites (tertiary alicyclic amines) is 1. The number of hydrogen-bond acceptors (Lipinski definition) is 3.